The highest BCUT2D eigenvalue weighted by atomic mass is 32.1. The number of aryl methyl sites for hydroxylation is 2. The number of Topliss-reactive ketones (excluding diaryl/α,β-unsaturated/α-hetero) is 1. The molecule has 9 heteroatoms. The molecule has 1 unspecified atom stereocenters. The first-order valence-corrected chi connectivity index (χ1v) is 13.0. The van der Waals surface area contributed by atoms with Gasteiger partial charge in [-0.2, -0.15) is 0 Å². The zero-order valence-electron chi connectivity index (χ0n) is 21.4. The summed E-state index contributed by atoms with van der Waals surface area (Å²) >= 11 is 0.974. The van der Waals surface area contributed by atoms with Crippen LogP contribution in [0.5, 0.6) is 5.75 Å². The minimum atomic E-state index is -0.946. The van der Waals surface area contributed by atoms with Crippen molar-refractivity contribution >= 4 is 39.9 Å². The first-order chi connectivity index (χ1) is 18.3. The summed E-state index contributed by atoms with van der Waals surface area (Å²) in [6.45, 7) is 9.50. The second-order valence-electron chi connectivity index (χ2n) is 8.52. The Morgan fingerprint density at radius 2 is 1.82 bits per heavy atom. The summed E-state index contributed by atoms with van der Waals surface area (Å²) < 4.78 is 10.6. The number of rotatable bonds is 9. The van der Waals surface area contributed by atoms with Crippen molar-refractivity contribution in [3.05, 3.63) is 94.0 Å². The van der Waals surface area contributed by atoms with Gasteiger partial charge in [0.15, 0.2) is 5.13 Å². The van der Waals surface area contributed by atoms with Crippen molar-refractivity contribution < 1.29 is 29.0 Å². The molecule has 0 aliphatic carbocycles. The van der Waals surface area contributed by atoms with Crippen LogP contribution in [0.1, 0.15) is 51.9 Å². The van der Waals surface area contributed by atoms with E-state index in [-0.39, 0.29) is 27.9 Å². The van der Waals surface area contributed by atoms with E-state index in [1.165, 1.54) is 4.90 Å². The topological polar surface area (TPSA) is 106 Å². The number of esters is 1. The zero-order valence-corrected chi connectivity index (χ0v) is 22.2. The largest absolute Gasteiger partial charge is 0.507 e. The molecule has 1 fully saturated rings. The molecule has 8 nitrogen and oxygen atoms in total. The van der Waals surface area contributed by atoms with Crippen molar-refractivity contribution in [3.8, 4) is 5.75 Å². The Morgan fingerprint density at radius 1 is 1.13 bits per heavy atom. The molecule has 1 saturated heterocycles. The smallest absolute Gasteiger partial charge is 0.350 e. The number of ketones is 1. The molecule has 0 saturated carbocycles. The van der Waals surface area contributed by atoms with E-state index in [9.17, 15) is 19.5 Å². The molecule has 2 aromatic carbocycles. The molecule has 1 atom stereocenters. The normalized spacial score (nSPS) is 16.5. The molecule has 1 aromatic heterocycles. The SMILES string of the molecule is C=CCOc1ccc(/C(O)=C2\C(=O)C(=O)N(c3nc(C)c(C(=O)OCC)s3)C2c2ccc(CC)cc2)cc1. The molecule has 38 heavy (non-hydrogen) atoms. The number of thiazole rings is 1. The van der Waals surface area contributed by atoms with E-state index in [0.29, 0.717) is 29.2 Å². The summed E-state index contributed by atoms with van der Waals surface area (Å²) in [5, 5.41) is 11.5. The number of nitrogens with zero attached hydrogens (tertiary/aromatic N) is 2. The fourth-order valence-electron chi connectivity index (χ4n) is 4.17. The molecule has 1 aliphatic heterocycles. The Morgan fingerprint density at radius 3 is 2.42 bits per heavy atom. The second kappa shape index (κ2) is 11.4. The van der Waals surface area contributed by atoms with Crippen LogP contribution in [0.2, 0.25) is 0 Å². The average molecular weight is 533 g/mol. The van der Waals surface area contributed by atoms with Crippen molar-refractivity contribution in [2.45, 2.75) is 33.2 Å². The average Bonchev–Trinajstić information content (AvgIpc) is 3.44. The predicted molar refractivity (Wildman–Crippen MR) is 146 cm³/mol. The van der Waals surface area contributed by atoms with Gasteiger partial charge in [-0.05, 0) is 55.7 Å². The molecule has 196 valence electrons. The molecule has 2 heterocycles. The lowest BCUT2D eigenvalue weighted by Crippen LogP contribution is -2.29. The maximum absolute atomic E-state index is 13.4. The number of carbonyl (C=O) groups is 3. The first kappa shape index (κ1) is 26.8. The fraction of sp³-hybridized carbons (Fsp3) is 0.241. The number of benzene rings is 2. The monoisotopic (exact) mass is 532 g/mol. The molecular weight excluding hydrogens is 504 g/mol. The summed E-state index contributed by atoms with van der Waals surface area (Å²) in [6.07, 6.45) is 2.43. The van der Waals surface area contributed by atoms with Gasteiger partial charge in [-0.3, -0.25) is 14.5 Å². The van der Waals surface area contributed by atoms with Crippen LogP contribution in [0.25, 0.3) is 5.76 Å². The quantitative estimate of drug-likeness (QED) is 0.130. The lowest BCUT2D eigenvalue weighted by atomic mass is 9.94. The lowest BCUT2D eigenvalue weighted by Gasteiger charge is -2.23. The minimum Gasteiger partial charge on any atom is -0.507 e. The Bertz CT molecular complexity index is 1410. The van der Waals surface area contributed by atoms with Crippen LogP contribution in [-0.2, 0) is 20.7 Å². The van der Waals surface area contributed by atoms with Gasteiger partial charge < -0.3 is 14.6 Å². The molecule has 3 aromatic rings. The van der Waals surface area contributed by atoms with Gasteiger partial charge in [-0.1, -0.05) is 55.2 Å². The van der Waals surface area contributed by atoms with E-state index in [2.05, 4.69) is 11.6 Å². The molecule has 1 N–H and O–H groups in total. The highest BCUT2D eigenvalue weighted by Gasteiger charge is 2.48. The number of amides is 1. The van der Waals surface area contributed by atoms with Crippen molar-refractivity contribution in [1.29, 1.82) is 0 Å². The standard InChI is InChI=1S/C29H28N2O6S/c1-5-16-37-21-14-12-20(13-15-21)24(32)22-23(19-10-8-18(6-2)9-11-19)31(27(34)25(22)33)29-30-17(4)26(38-29)28(35)36-7-3/h5,8-15,23,32H,1,6-7,16H2,2-4H3/b24-22+. The van der Waals surface area contributed by atoms with Crippen molar-refractivity contribution in [3.63, 3.8) is 0 Å². The van der Waals surface area contributed by atoms with Crippen LogP contribution in [0, 0.1) is 6.92 Å². The summed E-state index contributed by atoms with van der Waals surface area (Å²) in [4.78, 5) is 45.1. The molecule has 0 radical (unpaired) electrons. The van der Waals surface area contributed by atoms with Gasteiger partial charge in [0, 0.05) is 5.56 Å². The van der Waals surface area contributed by atoms with Crippen LogP contribution in [0.3, 0.4) is 0 Å². The summed E-state index contributed by atoms with van der Waals surface area (Å²) in [7, 11) is 0. The Hall–Kier alpha value is -4.24. The number of hydrogen-bond acceptors (Lipinski definition) is 8. The van der Waals surface area contributed by atoms with Crippen LogP contribution in [0.4, 0.5) is 5.13 Å². The number of ether oxygens (including phenoxy) is 2. The van der Waals surface area contributed by atoms with E-state index >= 15 is 0 Å². The summed E-state index contributed by atoms with van der Waals surface area (Å²) in [5.74, 6) is -1.98. The fourth-order valence-corrected chi connectivity index (χ4v) is 5.16. The van der Waals surface area contributed by atoms with Gasteiger partial charge in [-0.25, -0.2) is 9.78 Å². The molecule has 0 bridgehead atoms. The Labute approximate surface area is 224 Å². The Kier molecular flexibility index (Phi) is 8.07. The number of hydrogen-bond donors (Lipinski definition) is 1. The van der Waals surface area contributed by atoms with Gasteiger partial charge in [0.25, 0.3) is 5.78 Å². The maximum Gasteiger partial charge on any atom is 0.350 e. The number of aliphatic hydroxyl groups excluding tert-OH is 1. The first-order valence-electron chi connectivity index (χ1n) is 12.2. The molecule has 1 amide bonds. The third kappa shape index (κ3) is 5.10. The number of aliphatic hydroxyl groups is 1. The van der Waals surface area contributed by atoms with Crippen LogP contribution < -0.4 is 9.64 Å². The highest BCUT2D eigenvalue weighted by Crippen LogP contribution is 2.44. The summed E-state index contributed by atoms with van der Waals surface area (Å²) in [6, 6.07) is 13.1. The third-order valence-electron chi connectivity index (χ3n) is 6.10. The van der Waals surface area contributed by atoms with E-state index in [1.807, 2.05) is 31.2 Å². The lowest BCUT2D eigenvalue weighted by molar-refractivity contribution is -0.132. The zero-order chi connectivity index (χ0) is 27.4. The van der Waals surface area contributed by atoms with Gasteiger partial charge in [-0.15, -0.1) is 0 Å². The number of anilines is 1. The van der Waals surface area contributed by atoms with Gasteiger partial charge in [0.2, 0.25) is 0 Å². The van der Waals surface area contributed by atoms with Crippen LogP contribution in [0.15, 0.2) is 66.8 Å². The van der Waals surface area contributed by atoms with Crippen molar-refractivity contribution in [2.75, 3.05) is 18.1 Å². The third-order valence-corrected chi connectivity index (χ3v) is 7.23. The molecule has 4 rings (SSSR count). The van der Waals surface area contributed by atoms with E-state index < -0.39 is 23.7 Å². The Balaban J connectivity index is 1.85. The second-order valence-corrected chi connectivity index (χ2v) is 9.50. The van der Waals surface area contributed by atoms with Gasteiger partial charge in [0.1, 0.15) is 23.0 Å². The van der Waals surface area contributed by atoms with Crippen molar-refractivity contribution in [1.82, 2.24) is 4.98 Å². The minimum absolute atomic E-state index is 0.0652. The van der Waals surface area contributed by atoms with Gasteiger partial charge in [0.05, 0.1) is 23.9 Å². The molecular formula is C29H28N2O6S. The van der Waals surface area contributed by atoms with Crippen LogP contribution in [-0.4, -0.2) is 41.0 Å². The summed E-state index contributed by atoms with van der Waals surface area (Å²) in [5.41, 5.74) is 2.38. The molecule has 0 spiro atoms. The van der Waals surface area contributed by atoms with Crippen molar-refractivity contribution in [2.24, 2.45) is 0 Å². The highest BCUT2D eigenvalue weighted by molar-refractivity contribution is 7.17. The van der Waals surface area contributed by atoms with Gasteiger partial charge >= 0.3 is 11.9 Å². The van der Waals surface area contributed by atoms with E-state index in [0.717, 1.165) is 23.3 Å². The molecule has 1 aliphatic rings. The van der Waals surface area contributed by atoms with E-state index in [1.54, 1.807) is 44.2 Å². The van der Waals surface area contributed by atoms with Crippen LogP contribution >= 0.6 is 11.3 Å². The maximum atomic E-state index is 13.4. The number of aromatic nitrogens is 1. The number of carbonyl (C=O) groups excluding carboxylic acids is 3. The predicted octanol–water partition coefficient (Wildman–Crippen LogP) is 5.38. The van der Waals surface area contributed by atoms with E-state index in [4.69, 9.17) is 9.47 Å².